The van der Waals surface area contributed by atoms with E-state index in [2.05, 4.69) is 20.7 Å². The highest BCUT2D eigenvalue weighted by molar-refractivity contribution is 6.32. The molecule has 2 heterocycles. The van der Waals surface area contributed by atoms with Crippen molar-refractivity contribution in [2.45, 2.75) is 38.0 Å². The van der Waals surface area contributed by atoms with Crippen molar-refractivity contribution in [2.24, 2.45) is 5.92 Å². The van der Waals surface area contributed by atoms with Gasteiger partial charge in [-0.1, -0.05) is 23.7 Å². The standard InChI is InChI=1S/C19H24ClN5O.ClH/c20-15-5-1-2-6-16(15)25-18(14-7-8-14)23-17(24-25)19(26)22-11-9-13-4-3-10-21-12-13;/h1-2,5-6,13-14,21H,3-4,7-12H2,(H,22,26);1H. The van der Waals surface area contributed by atoms with Crippen LogP contribution in [-0.2, 0) is 0 Å². The fraction of sp³-hybridized carbons (Fsp3) is 0.526. The Labute approximate surface area is 170 Å². The van der Waals surface area contributed by atoms with E-state index < -0.39 is 0 Å². The summed E-state index contributed by atoms with van der Waals surface area (Å²) in [6, 6.07) is 7.53. The molecule has 1 amide bonds. The van der Waals surface area contributed by atoms with Crippen molar-refractivity contribution in [3.8, 4) is 5.69 Å². The zero-order chi connectivity index (χ0) is 17.9. The molecule has 4 rings (SSSR count). The number of piperidine rings is 1. The molecule has 2 fully saturated rings. The third kappa shape index (κ3) is 4.81. The van der Waals surface area contributed by atoms with Crippen molar-refractivity contribution in [2.75, 3.05) is 19.6 Å². The summed E-state index contributed by atoms with van der Waals surface area (Å²) in [6.07, 6.45) is 5.60. The first-order valence-electron chi connectivity index (χ1n) is 9.43. The van der Waals surface area contributed by atoms with Gasteiger partial charge in [0, 0.05) is 12.5 Å². The number of rotatable bonds is 6. The van der Waals surface area contributed by atoms with Crippen molar-refractivity contribution in [3.63, 3.8) is 0 Å². The number of nitrogens with zero attached hydrogens (tertiary/aromatic N) is 3. The fourth-order valence-corrected chi connectivity index (χ4v) is 3.68. The minimum absolute atomic E-state index is 0. The summed E-state index contributed by atoms with van der Waals surface area (Å²) < 4.78 is 1.74. The van der Waals surface area contributed by atoms with Crippen LogP contribution < -0.4 is 10.6 Å². The highest BCUT2D eigenvalue weighted by Crippen LogP contribution is 2.40. The molecular formula is C19H25Cl2N5O. The molecule has 0 bridgehead atoms. The molecule has 1 aliphatic heterocycles. The summed E-state index contributed by atoms with van der Waals surface area (Å²) in [5.74, 6) is 1.86. The first-order chi connectivity index (χ1) is 12.7. The highest BCUT2D eigenvalue weighted by Gasteiger charge is 2.32. The van der Waals surface area contributed by atoms with E-state index in [1.807, 2.05) is 24.3 Å². The largest absolute Gasteiger partial charge is 0.349 e. The number of carbonyl (C=O) groups is 1. The van der Waals surface area contributed by atoms with E-state index in [1.54, 1.807) is 4.68 Å². The minimum atomic E-state index is -0.207. The van der Waals surface area contributed by atoms with Crippen molar-refractivity contribution < 1.29 is 4.79 Å². The molecule has 6 nitrogen and oxygen atoms in total. The average Bonchev–Trinajstić information content (AvgIpc) is 3.41. The van der Waals surface area contributed by atoms with Gasteiger partial charge in [-0.25, -0.2) is 9.67 Å². The second kappa shape index (κ2) is 9.04. The second-order valence-corrected chi connectivity index (χ2v) is 7.60. The Morgan fingerprint density at radius 1 is 1.30 bits per heavy atom. The summed E-state index contributed by atoms with van der Waals surface area (Å²) in [7, 11) is 0. The van der Waals surface area contributed by atoms with Crippen LogP contribution in [0.15, 0.2) is 24.3 Å². The summed E-state index contributed by atoms with van der Waals surface area (Å²) in [5.41, 5.74) is 0.774. The molecule has 1 atom stereocenters. The maximum absolute atomic E-state index is 12.5. The number of halogens is 2. The number of amides is 1. The van der Waals surface area contributed by atoms with Crippen LogP contribution in [0.4, 0.5) is 0 Å². The van der Waals surface area contributed by atoms with Gasteiger partial charge in [-0.3, -0.25) is 4.79 Å². The lowest BCUT2D eigenvalue weighted by Crippen LogP contribution is -2.33. The van der Waals surface area contributed by atoms with Crippen LogP contribution in [0, 0.1) is 5.92 Å². The Kier molecular flexibility index (Phi) is 6.73. The van der Waals surface area contributed by atoms with E-state index in [0.29, 0.717) is 23.4 Å². The van der Waals surface area contributed by atoms with Gasteiger partial charge >= 0.3 is 0 Å². The van der Waals surface area contributed by atoms with E-state index in [-0.39, 0.29) is 24.1 Å². The van der Waals surface area contributed by atoms with Gasteiger partial charge in [0.15, 0.2) is 0 Å². The molecule has 2 aliphatic rings. The molecule has 146 valence electrons. The lowest BCUT2D eigenvalue weighted by Gasteiger charge is -2.22. The summed E-state index contributed by atoms with van der Waals surface area (Å²) in [5, 5.41) is 11.5. The molecule has 1 aliphatic carbocycles. The molecule has 0 radical (unpaired) electrons. The Hall–Kier alpha value is -1.63. The number of carbonyl (C=O) groups excluding carboxylic acids is 1. The molecule has 1 aromatic heterocycles. The molecule has 1 saturated carbocycles. The van der Waals surface area contributed by atoms with Crippen LogP contribution in [0.3, 0.4) is 0 Å². The third-order valence-corrected chi connectivity index (χ3v) is 5.42. The highest BCUT2D eigenvalue weighted by atomic mass is 35.5. The van der Waals surface area contributed by atoms with Gasteiger partial charge in [-0.05, 0) is 63.2 Å². The van der Waals surface area contributed by atoms with Gasteiger partial charge in [-0.2, -0.15) is 0 Å². The summed E-state index contributed by atoms with van der Waals surface area (Å²) in [4.78, 5) is 17.0. The van der Waals surface area contributed by atoms with Crippen molar-refractivity contribution in [1.82, 2.24) is 25.4 Å². The molecule has 2 N–H and O–H groups in total. The van der Waals surface area contributed by atoms with E-state index >= 15 is 0 Å². The van der Waals surface area contributed by atoms with Crippen LogP contribution in [0.25, 0.3) is 5.69 Å². The lowest BCUT2D eigenvalue weighted by atomic mass is 9.96. The predicted octanol–water partition coefficient (Wildman–Crippen LogP) is 3.34. The molecular weight excluding hydrogens is 385 g/mol. The SMILES string of the molecule is Cl.O=C(NCCC1CCCNC1)c1nc(C2CC2)n(-c2ccccc2Cl)n1. The second-order valence-electron chi connectivity index (χ2n) is 7.19. The smallest absolute Gasteiger partial charge is 0.290 e. The van der Waals surface area contributed by atoms with Crippen molar-refractivity contribution >= 4 is 29.9 Å². The van der Waals surface area contributed by atoms with Gasteiger partial charge in [0.25, 0.3) is 5.91 Å². The summed E-state index contributed by atoms with van der Waals surface area (Å²) >= 11 is 6.32. The van der Waals surface area contributed by atoms with Crippen molar-refractivity contribution in [3.05, 3.63) is 40.9 Å². The molecule has 27 heavy (non-hydrogen) atoms. The van der Waals surface area contributed by atoms with E-state index in [1.165, 1.54) is 12.8 Å². The van der Waals surface area contributed by atoms with Crippen LogP contribution in [-0.4, -0.2) is 40.3 Å². The molecule has 2 aromatic rings. The summed E-state index contributed by atoms with van der Waals surface area (Å²) in [6.45, 7) is 2.81. The van der Waals surface area contributed by atoms with E-state index in [0.717, 1.165) is 43.9 Å². The molecule has 1 aromatic carbocycles. The van der Waals surface area contributed by atoms with E-state index in [4.69, 9.17) is 11.6 Å². The molecule has 0 spiro atoms. The minimum Gasteiger partial charge on any atom is -0.349 e. The Balaban J connectivity index is 0.00000210. The van der Waals surface area contributed by atoms with Crippen molar-refractivity contribution in [1.29, 1.82) is 0 Å². The first-order valence-corrected chi connectivity index (χ1v) is 9.81. The van der Waals surface area contributed by atoms with Gasteiger partial charge in [0.2, 0.25) is 5.82 Å². The third-order valence-electron chi connectivity index (χ3n) is 5.10. The maximum atomic E-state index is 12.5. The quantitative estimate of drug-likeness (QED) is 0.766. The van der Waals surface area contributed by atoms with Crippen LogP contribution >= 0.6 is 24.0 Å². The van der Waals surface area contributed by atoms with Crippen LogP contribution in [0.5, 0.6) is 0 Å². The maximum Gasteiger partial charge on any atom is 0.290 e. The van der Waals surface area contributed by atoms with Gasteiger partial charge in [-0.15, -0.1) is 17.5 Å². The zero-order valence-corrected chi connectivity index (χ0v) is 16.7. The van der Waals surface area contributed by atoms with Gasteiger partial charge in [0.05, 0.1) is 10.7 Å². The number of para-hydroxylation sites is 1. The molecule has 8 heteroatoms. The fourth-order valence-electron chi connectivity index (χ4n) is 3.47. The van der Waals surface area contributed by atoms with Crippen LogP contribution in [0.1, 0.15) is 54.5 Å². The zero-order valence-electron chi connectivity index (χ0n) is 15.2. The Bertz CT molecular complexity index is 784. The van der Waals surface area contributed by atoms with Crippen LogP contribution in [0.2, 0.25) is 5.02 Å². The number of hydrogen-bond donors (Lipinski definition) is 2. The molecule has 1 unspecified atom stereocenters. The number of hydrogen-bond acceptors (Lipinski definition) is 4. The van der Waals surface area contributed by atoms with Gasteiger partial charge < -0.3 is 10.6 Å². The normalized spacial score (nSPS) is 19.4. The number of aromatic nitrogens is 3. The predicted molar refractivity (Wildman–Crippen MR) is 108 cm³/mol. The first kappa shape index (κ1) is 20.1. The topological polar surface area (TPSA) is 71.8 Å². The van der Waals surface area contributed by atoms with E-state index in [9.17, 15) is 4.79 Å². The monoisotopic (exact) mass is 409 g/mol. The Morgan fingerprint density at radius 3 is 2.81 bits per heavy atom. The number of benzene rings is 1. The molecule has 1 saturated heterocycles. The number of nitrogens with one attached hydrogen (secondary N) is 2. The Morgan fingerprint density at radius 2 is 2.11 bits per heavy atom. The van der Waals surface area contributed by atoms with Gasteiger partial charge in [0.1, 0.15) is 5.82 Å². The lowest BCUT2D eigenvalue weighted by molar-refractivity contribution is 0.0940. The average molecular weight is 410 g/mol.